The van der Waals surface area contributed by atoms with E-state index in [-0.39, 0.29) is 18.3 Å². The molecule has 0 saturated heterocycles. The van der Waals surface area contributed by atoms with Crippen LogP contribution in [0.5, 0.6) is 0 Å². The molecule has 2 rings (SSSR count). The second-order valence-corrected chi connectivity index (χ2v) is 5.47. The number of amides is 1. The Balaban J connectivity index is 0.00000220. The van der Waals surface area contributed by atoms with Crippen LogP contribution >= 0.6 is 23.7 Å². The third kappa shape index (κ3) is 4.81. The number of benzene rings is 1. The molecule has 0 saturated carbocycles. The largest absolute Gasteiger partial charge is 0.330 e. The summed E-state index contributed by atoms with van der Waals surface area (Å²) in [7, 11) is 0. The van der Waals surface area contributed by atoms with Crippen molar-refractivity contribution in [1.29, 1.82) is 0 Å². The molecule has 0 fully saturated rings. The normalized spacial score (nSPS) is 10.0. The first-order valence-electron chi connectivity index (χ1n) is 6.78. The number of hydrogen-bond donors (Lipinski definition) is 2. The zero-order valence-corrected chi connectivity index (χ0v) is 13.6. The predicted molar refractivity (Wildman–Crippen MR) is 90.5 cm³/mol. The molecule has 0 aliphatic heterocycles. The van der Waals surface area contributed by atoms with Crippen molar-refractivity contribution in [2.75, 3.05) is 11.9 Å². The molecule has 1 amide bonds. The molecule has 114 valence electrons. The van der Waals surface area contributed by atoms with Gasteiger partial charge in [0.15, 0.2) is 0 Å². The lowest BCUT2D eigenvalue weighted by Gasteiger charge is -2.09. The van der Waals surface area contributed by atoms with E-state index in [0.29, 0.717) is 18.7 Å². The van der Waals surface area contributed by atoms with E-state index in [0.717, 1.165) is 29.1 Å². The minimum Gasteiger partial charge on any atom is -0.330 e. The molecule has 6 heteroatoms. The van der Waals surface area contributed by atoms with Gasteiger partial charge in [-0.2, -0.15) is 0 Å². The van der Waals surface area contributed by atoms with Crippen molar-refractivity contribution in [3.63, 3.8) is 0 Å². The smallest absolute Gasteiger partial charge is 0.275 e. The molecule has 0 atom stereocenters. The predicted octanol–water partition coefficient (Wildman–Crippen LogP) is 3.27. The van der Waals surface area contributed by atoms with Crippen LogP contribution in [0.2, 0.25) is 0 Å². The summed E-state index contributed by atoms with van der Waals surface area (Å²) in [6.07, 6.45) is 2.71. The van der Waals surface area contributed by atoms with Crippen molar-refractivity contribution in [2.45, 2.75) is 26.2 Å². The molecular weight excluding hydrogens is 306 g/mol. The van der Waals surface area contributed by atoms with Crippen LogP contribution in [0.1, 0.15) is 34.4 Å². The summed E-state index contributed by atoms with van der Waals surface area (Å²) in [5, 5.41) is 5.62. The number of carbonyl (C=O) groups is 1. The van der Waals surface area contributed by atoms with E-state index in [4.69, 9.17) is 5.73 Å². The molecule has 0 bridgehead atoms. The van der Waals surface area contributed by atoms with E-state index in [1.807, 2.05) is 24.3 Å². The molecule has 0 spiro atoms. The number of anilines is 1. The Morgan fingerprint density at radius 1 is 1.33 bits per heavy atom. The fourth-order valence-corrected chi connectivity index (χ4v) is 2.76. The average molecular weight is 326 g/mol. The number of nitrogens with two attached hydrogens (primary N) is 1. The Morgan fingerprint density at radius 2 is 2.10 bits per heavy atom. The van der Waals surface area contributed by atoms with Crippen molar-refractivity contribution >= 4 is 35.3 Å². The third-order valence-corrected chi connectivity index (χ3v) is 3.84. The molecule has 4 nitrogen and oxygen atoms in total. The van der Waals surface area contributed by atoms with E-state index in [9.17, 15) is 4.79 Å². The second kappa shape index (κ2) is 8.77. The molecule has 0 unspecified atom stereocenters. The van der Waals surface area contributed by atoms with Crippen molar-refractivity contribution in [1.82, 2.24) is 4.98 Å². The van der Waals surface area contributed by atoms with Crippen molar-refractivity contribution in [3.8, 4) is 0 Å². The molecule has 0 radical (unpaired) electrons. The summed E-state index contributed by atoms with van der Waals surface area (Å²) in [6.45, 7) is 2.67. The number of thiazole rings is 1. The minimum atomic E-state index is -0.159. The number of hydrogen-bond acceptors (Lipinski definition) is 4. The number of nitrogens with zero attached hydrogens (tertiary/aromatic N) is 1. The summed E-state index contributed by atoms with van der Waals surface area (Å²) < 4.78 is 0. The topological polar surface area (TPSA) is 68.0 Å². The number of carbonyl (C=O) groups excluding carboxylic acids is 1. The summed E-state index contributed by atoms with van der Waals surface area (Å²) >= 11 is 1.48. The fourth-order valence-electron chi connectivity index (χ4n) is 1.97. The van der Waals surface area contributed by atoms with Crippen molar-refractivity contribution in [2.24, 2.45) is 5.73 Å². The first-order chi connectivity index (χ1) is 9.74. The molecule has 2 aromatic rings. The van der Waals surface area contributed by atoms with Crippen LogP contribution in [0.3, 0.4) is 0 Å². The SMILES string of the molecule is CCCc1ccccc1NC(=O)c1csc(CCN)n1.Cl. The highest BCUT2D eigenvalue weighted by Crippen LogP contribution is 2.18. The van der Waals surface area contributed by atoms with Gasteiger partial charge in [-0.1, -0.05) is 31.5 Å². The maximum absolute atomic E-state index is 12.2. The average Bonchev–Trinajstić information content (AvgIpc) is 2.90. The summed E-state index contributed by atoms with van der Waals surface area (Å²) in [4.78, 5) is 16.5. The lowest BCUT2D eigenvalue weighted by Crippen LogP contribution is -2.14. The Bertz CT molecular complexity index is 586. The van der Waals surface area contributed by atoms with Crippen LogP contribution in [0.15, 0.2) is 29.6 Å². The van der Waals surface area contributed by atoms with E-state index < -0.39 is 0 Å². The van der Waals surface area contributed by atoms with E-state index >= 15 is 0 Å². The molecule has 1 aromatic carbocycles. The van der Waals surface area contributed by atoms with Crippen molar-refractivity contribution in [3.05, 3.63) is 45.9 Å². The Kier molecular flexibility index (Phi) is 7.36. The number of aromatic nitrogens is 1. The summed E-state index contributed by atoms with van der Waals surface area (Å²) in [5.41, 5.74) is 7.97. The van der Waals surface area contributed by atoms with Gasteiger partial charge < -0.3 is 11.1 Å². The van der Waals surface area contributed by atoms with Gasteiger partial charge in [0.25, 0.3) is 5.91 Å². The van der Waals surface area contributed by atoms with Gasteiger partial charge in [-0.05, 0) is 24.6 Å². The van der Waals surface area contributed by atoms with Gasteiger partial charge in [0.1, 0.15) is 5.69 Å². The van der Waals surface area contributed by atoms with Gasteiger partial charge in [0.2, 0.25) is 0 Å². The molecular formula is C15H20ClN3OS. The summed E-state index contributed by atoms with van der Waals surface area (Å²) in [5.74, 6) is -0.159. The van der Waals surface area contributed by atoms with Crippen LogP contribution < -0.4 is 11.1 Å². The number of halogens is 1. The monoisotopic (exact) mass is 325 g/mol. The van der Waals surface area contributed by atoms with Gasteiger partial charge in [-0.3, -0.25) is 4.79 Å². The van der Waals surface area contributed by atoms with Crippen LogP contribution in [0.25, 0.3) is 0 Å². The third-order valence-electron chi connectivity index (χ3n) is 2.93. The molecule has 21 heavy (non-hydrogen) atoms. The zero-order chi connectivity index (χ0) is 14.4. The maximum Gasteiger partial charge on any atom is 0.275 e. The lowest BCUT2D eigenvalue weighted by atomic mass is 10.1. The van der Waals surface area contributed by atoms with E-state index in [2.05, 4.69) is 17.2 Å². The highest BCUT2D eigenvalue weighted by Gasteiger charge is 2.12. The quantitative estimate of drug-likeness (QED) is 0.856. The highest BCUT2D eigenvalue weighted by molar-refractivity contribution is 7.09. The molecule has 0 aliphatic carbocycles. The summed E-state index contributed by atoms with van der Waals surface area (Å²) in [6, 6.07) is 7.88. The fraction of sp³-hybridized carbons (Fsp3) is 0.333. The van der Waals surface area contributed by atoms with Gasteiger partial charge >= 0.3 is 0 Å². The first-order valence-corrected chi connectivity index (χ1v) is 7.66. The second-order valence-electron chi connectivity index (χ2n) is 4.53. The van der Waals surface area contributed by atoms with Crippen LogP contribution in [-0.4, -0.2) is 17.4 Å². The zero-order valence-electron chi connectivity index (χ0n) is 12.0. The Hall–Kier alpha value is -1.43. The maximum atomic E-state index is 12.2. The van der Waals surface area contributed by atoms with E-state index in [1.165, 1.54) is 11.3 Å². The number of para-hydroxylation sites is 1. The number of rotatable bonds is 6. The lowest BCUT2D eigenvalue weighted by molar-refractivity contribution is 0.102. The van der Waals surface area contributed by atoms with Gasteiger partial charge in [0.05, 0.1) is 5.01 Å². The van der Waals surface area contributed by atoms with Gasteiger partial charge in [-0.25, -0.2) is 4.98 Å². The van der Waals surface area contributed by atoms with E-state index in [1.54, 1.807) is 5.38 Å². The van der Waals surface area contributed by atoms with Gasteiger partial charge in [-0.15, -0.1) is 23.7 Å². The first kappa shape index (κ1) is 17.6. The molecule has 1 heterocycles. The number of aryl methyl sites for hydroxylation is 1. The van der Waals surface area contributed by atoms with Crippen LogP contribution in [0.4, 0.5) is 5.69 Å². The minimum absolute atomic E-state index is 0. The number of nitrogens with one attached hydrogen (secondary N) is 1. The Morgan fingerprint density at radius 3 is 2.81 bits per heavy atom. The molecule has 0 aliphatic rings. The molecule has 1 aromatic heterocycles. The highest BCUT2D eigenvalue weighted by atomic mass is 35.5. The van der Waals surface area contributed by atoms with Crippen LogP contribution in [0, 0.1) is 0 Å². The Labute approximate surface area is 135 Å². The van der Waals surface area contributed by atoms with Crippen LogP contribution in [-0.2, 0) is 12.8 Å². The standard InChI is InChI=1S/C15H19N3OS.ClH/c1-2-5-11-6-3-4-7-12(11)18-15(19)13-10-20-14(17-13)8-9-16;/h3-4,6-7,10H,2,5,8-9,16H2,1H3,(H,18,19);1H. The van der Waals surface area contributed by atoms with Crippen molar-refractivity contribution < 1.29 is 4.79 Å². The molecule has 3 N–H and O–H groups in total. The van der Waals surface area contributed by atoms with Gasteiger partial charge in [0, 0.05) is 17.5 Å².